The van der Waals surface area contributed by atoms with Crippen molar-refractivity contribution < 1.29 is 9.50 Å². The fourth-order valence-corrected chi connectivity index (χ4v) is 2.90. The summed E-state index contributed by atoms with van der Waals surface area (Å²) >= 11 is 0. The first-order chi connectivity index (χ1) is 8.95. The highest BCUT2D eigenvalue weighted by molar-refractivity contribution is 5.45. The fraction of sp³-hybridized carbons (Fsp3) is 0.625. The molecule has 1 unspecified atom stereocenters. The Morgan fingerprint density at radius 2 is 1.79 bits per heavy atom. The van der Waals surface area contributed by atoms with E-state index in [0.717, 1.165) is 31.4 Å². The summed E-state index contributed by atoms with van der Waals surface area (Å²) in [5.41, 5.74) is 0.975. The number of aliphatic hydroxyl groups excluding tert-OH is 1. The van der Waals surface area contributed by atoms with Crippen LogP contribution in [0.15, 0.2) is 24.3 Å². The fourth-order valence-electron chi connectivity index (χ4n) is 2.90. The van der Waals surface area contributed by atoms with E-state index in [9.17, 15) is 9.50 Å². The average Bonchev–Trinajstić information content (AvgIpc) is 2.52. The third-order valence-corrected chi connectivity index (χ3v) is 4.35. The Labute approximate surface area is 115 Å². The van der Waals surface area contributed by atoms with Gasteiger partial charge in [-0.05, 0) is 55.4 Å². The number of benzene rings is 1. The standard InChI is InChI=1S/C16H24FNO/c1-15(2)8-3-9-16(12-19,11-10-15)18-14-6-4-13(17)5-7-14/h4-7,18-19H,3,8-12H2,1-2H3. The van der Waals surface area contributed by atoms with Gasteiger partial charge in [-0.25, -0.2) is 4.39 Å². The number of nitrogens with one attached hydrogen (secondary N) is 1. The molecular weight excluding hydrogens is 241 g/mol. The second-order valence-electron chi connectivity index (χ2n) is 6.59. The molecule has 0 saturated heterocycles. The van der Waals surface area contributed by atoms with Crippen LogP contribution in [0.4, 0.5) is 10.1 Å². The molecule has 0 spiro atoms. The van der Waals surface area contributed by atoms with Gasteiger partial charge in [-0.15, -0.1) is 0 Å². The lowest BCUT2D eigenvalue weighted by Gasteiger charge is -2.34. The van der Waals surface area contributed by atoms with E-state index in [1.807, 2.05) is 0 Å². The summed E-state index contributed by atoms with van der Waals surface area (Å²) in [6, 6.07) is 6.38. The Kier molecular flexibility index (Phi) is 4.14. The molecule has 0 bridgehead atoms. The summed E-state index contributed by atoms with van der Waals surface area (Å²) < 4.78 is 12.9. The Bertz CT molecular complexity index is 415. The molecule has 0 aliphatic heterocycles. The molecule has 2 nitrogen and oxygen atoms in total. The molecule has 2 N–H and O–H groups in total. The van der Waals surface area contributed by atoms with Crippen molar-refractivity contribution >= 4 is 5.69 Å². The molecule has 0 heterocycles. The topological polar surface area (TPSA) is 32.3 Å². The Morgan fingerprint density at radius 1 is 1.11 bits per heavy atom. The molecule has 106 valence electrons. The van der Waals surface area contributed by atoms with E-state index in [4.69, 9.17) is 0 Å². The summed E-state index contributed by atoms with van der Waals surface area (Å²) in [5, 5.41) is 13.2. The number of hydrogen-bond acceptors (Lipinski definition) is 2. The molecule has 1 aromatic carbocycles. The number of hydrogen-bond donors (Lipinski definition) is 2. The molecule has 2 rings (SSSR count). The minimum absolute atomic E-state index is 0.125. The summed E-state index contributed by atoms with van der Waals surface area (Å²) in [4.78, 5) is 0. The quantitative estimate of drug-likeness (QED) is 0.811. The second kappa shape index (κ2) is 5.49. The normalized spacial score (nSPS) is 26.7. The maximum absolute atomic E-state index is 12.9. The van der Waals surface area contributed by atoms with Crippen molar-refractivity contribution in [2.75, 3.05) is 11.9 Å². The predicted octanol–water partition coefficient (Wildman–Crippen LogP) is 3.96. The first-order valence-electron chi connectivity index (χ1n) is 7.09. The third kappa shape index (κ3) is 3.69. The zero-order valence-corrected chi connectivity index (χ0v) is 11.9. The lowest BCUT2D eigenvalue weighted by atomic mass is 9.83. The average molecular weight is 265 g/mol. The maximum Gasteiger partial charge on any atom is 0.123 e. The van der Waals surface area contributed by atoms with Crippen molar-refractivity contribution in [3.8, 4) is 0 Å². The molecule has 1 atom stereocenters. The molecule has 0 radical (unpaired) electrons. The van der Waals surface area contributed by atoms with E-state index in [1.54, 1.807) is 12.1 Å². The highest BCUT2D eigenvalue weighted by Crippen LogP contribution is 2.39. The van der Waals surface area contributed by atoms with Crippen molar-refractivity contribution in [3.05, 3.63) is 30.1 Å². The molecule has 1 saturated carbocycles. The van der Waals surface area contributed by atoms with Gasteiger partial charge in [-0.2, -0.15) is 0 Å². The summed E-state index contributed by atoms with van der Waals surface area (Å²) in [7, 11) is 0. The Balaban J connectivity index is 2.11. The molecule has 19 heavy (non-hydrogen) atoms. The van der Waals surface area contributed by atoms with E-state index in [0.29, 0.717) is 5.41 Å². The molecule has 1 fully saturated rings. The molecule has 0 aromatic heterocycles. The number of aliphatic hydroxyl groups is 1. The van der Waals surface area contributed by atoms with Gasteiger partial charge in [0.25, 0.3) is 0 Å². The van der Waals surface area contributed by atoms with Gasteiger partial charge in [-0.3, -0.25) is 0 Å². The van der Waals surface area contributed by atoms with Crippen molar-refractivity contribution in [1.29, 1.82) is 0 Å². The monoisotopic (exact) mass is 265 g/mol. The van der Waals surface area contributed by atoms with Gasteiger partial charge in [0.15, 0.2) is 0 Å². The van der Waals surface area contributed by atoms with Gasteiger partial charge in [0.05, 0.1) is 12.1 Å². The van der Waals surface area contributed by atoms with E-state index >= 15 is 0 Å². The lowest BCUT2D eigenvalue weighted by Crippen LogP contribution is -2.41. The second-order valence-corrected chi connectivity index (χ2v) is 6.59. The molecule has 0 amide bonds. The smallest absolute Gasteiger partial charge is 0.123 e. The number of anilines is 1. The molecule has 1 aliphatic rings. The van der Waals surface area contributed by atoms with Gasteiger partial charge in [0.2, 0.25) is 0 Å². The summed E-state index contributed by atoms with van der Waals surface area (Å²) in [6.45, 7) is 4.71. The van der Waals surface area contributed by atoms with Crippen LogP contribution in [0.3, 0.4) is 0 Å². The highest BCUT2D eigenvalue weighted by atomic mass is 19.1. The number of rotatable bonds is 3. The minimum atomic E-state index is -0.258. The maximum atomic E-state index is 12.9. The van der Waals surface area contributed by atoms with Crippen LogP contribution in [0.5, 0.6) is 0 Å². The predicted molar refractivity (Wildman–Crippen MR) is 76.7 cm³/mol. The first kappa shape index (κ1) is 14.3. The third-order valence-electron chi connectivity index (χ3n) is 4.35. The Morgan fingerprint density at radius 3 is 2.42 bits per heavy atom. The van der Waals surface area contributed by atoms with Crippen LogP contribution in [-0.2, 0) is 0 Å². The molecule has 3 heteroatoms. The van der Waals surface area contributed by atoms with Crippen molar-refractivity contribution in [1.82, 2.24) is 0 Å². The Hall–Kier alpha value is -1.09. The van der Waals surface area contributed by atoms with Crippen LogP contribution >= 0.6 is 0 Å². The van der Waals surface area contributed by atoms with Crippen molar-refractivity contribution in [2.45, 2.75) is 51.5 Å². The largest absolute Gasteiger partial charge is 0.394 e. The number of halogens is 1. The molecule has 1 aromatic rings. The van der Waals surface area contributed by atoms with Crippen LogP contribution in [0.1, 0.15) is 46.0 Å². The first-order valence-corrected chi connectivity index (χ1v) is 7.09. The van der Waals surface area contributed by atoms with Gasteiger partial charge < -0.3 is 10.4 Å². The van der Waals surface area contributed by atoms with E-state index in [2.05, 4.69) is 19.2 Å². The van der Waals surface area contributed by atoms with Crippen LogP contribution in [0, 0.1) is 11.2 Å². The van der Waals surface area contributed by atoms with E-state index < -0.39 is 0 Å². The van der Waals surface area contributed by atoms with Gasteiger partial charge in [0.1, 0.15) is 5.82 Å². The lowest BCUT2D eigenvalue weighted by molar-refractivity contribution is 0.191. The van der Waals surface area contributed by atoms with Crippen LogP contribution in [0.25, 0.3) is 0 Å². The van der Waals surface area contributed by atoms with Crippen LogP contribution in [-0.4, -0.2) is 17.3 Å². The van der Waals surface area contributed by atoms with Gasteiger partial charge >= 0.3 is 0 Å². The zero-order chi connectivity index (χ0) is 13.9. The van der Waals surface area contributed by atoms with Crippen molar-refractivity contribution in [3.63, 3.8) is 0 Å². The minimum Gasteiger partial charge on any atom is -0.394 e. The molecular formula is C16H24FNO. The van der Waals surface area contributed by atoms with E-state index in [1.165, 1.54) is 18.6 Å². The summed E-state index contributed by atoms with van der Waals surface area (Å²) in [6.07, 6.45) is 5.32. The van der Waals surface area contributed by atoms with Crippen LogP contribution < -0.4 is 5.32 Å². The highest BCUT2D eigenvalue weighted by Gasteiger charge is 2.35. The zero-order valence-electron chi connectivity index (χ0n) is 11.9. The van der Waals surface area contributed by atoms with Crippen LogP contribution in [0.2, 0.25) is 0 Å². The van der Waals surface area contributed by atoms with Gasteiger partial charge in [0, 0.05) is 5.69 Å². The van der Waals surface area contributed by atoms with Crippen molar-refractivity contribution in [2.24, 2.45) is 5.41 Å². The molecule has 1 aliphatic carbocycles. The van der Waals surface area contributed by atoms with Gasteiger partial charge in [-0.1, -0.05) is 20.3 Å². The summed E-state index contributed by atoms with van der Waals surface area (Å²) in [5.74, 6) is -0.231. The van der Waals surface area contributed by atoms with E-state index in [-0.39, 0.29) is 18.0 Å². The SMILES string of the molecule is CC1(C)CCCC(CO)(Nc2ccc(F)cc2)CC1.